The van der Waals surface area contributed by atoms with Gasteiger partial charge in [0.25, 0.3) is 0 Å². The van der Waals surface area contributed by atoms with Crippen LogP contribution in [0, 0.1) is 0 Å². The second kappa shape index (κ2) is 6.22. The van der Waals surface area contributed by atoms with E-state index in [9.17, 15) is 0 Å². The highest BCUT2D eigenvalue weighted by molar-refractivity contribution is 5.09. The summed E-state index contributed by atoms with van der Waals surface area (Å²) in [6.07, 6.45) is 12.0. The van der Waals surface area contributed by atoms with Crippen LogP contribution in [-0.4, -0.2) is 0 Å². The summed E-state index contributed by atoms with van der Waals surface area (Å²) < 4.78 is 0. The fraction of sp³-hybridized carbons (Fsp3) is 0.250. The Balaban J connectivity index is 3.35. The first-order valence-corrected chi connectivity index (χ1v) is 2.82. The summed E-state index contributed by atoms with van der Waals surface area (Å²) in [6, 6.07) is 0. The largest absolute Gasteiger partial charge is 0.0877 e. The van der Waals surface area contributed by atoms with Crippen molar-refractivity contribution in [2.75, 3.05) is 0 Å². The molecule has 0 saturated heterocycles. The van der Waals surface area contributed by atoms with Gasteiger partial charge < -0.3 is 0 Å². The van der Waals surface area contributed by atoms with Crippen LogP contribution in [0.1, 0.15) is 13.8 Å². The van der Waals surface area contributed by atoms with Gasteiger partial charge in [-0.25, -0.2) is 0 Å². The molecule has 0 heteroatoms. The van der Waals surface area contributed by atoms with Crippen LogP contribution in [-0.2, 0) is 0 Å². The highest BCUT2D eigenvalue weighted by Crippen LogP contribution is 1.77. The van der Waals surface area contributed by atoms with Crippen molar-refractivity contribution in [2.45, 2.75) is 13.8 Å². The average Bonchev–Trinajstić information content (AvgIpc) is 1.81. The van der Waals surface area contributed by atoms with Gasteiger partial charge in [-0.15, -0.1) is 0 Å². The topological polar surface area (TPSA) is 0 Å². The van der Waals surface area contributed by atoms with Crippen molar-refractivity contribution in [1.29, 1.82) is 0 Å². The first-order valence-electron chi connectivity index (χ1n) is 2.82. The van der Waals surface area contributed by atoms with Crippen LogP contribution in [0.25, 0.3) is 0 Å². The van der Waals surface area contributed by atoms with E-state index < -0.39 is 0 Å². The summed E-state index contributed by atoms with van der Waals surface area (Å²) in [6.45, 7) is 4.00. The molecule has 0 saturated carbocycles. The van der Waals surface area contributed by atoms with Gasteiger partial charge in [-0.05, 0) is 13.8 Å². The molecule has 0 aromatic carbocycles. The number of hydrogen-bond acceptors (Lipinski definition) is 0. The highest BCUT2D eigenvalue weighted by Gasteiger charge is 1.55. The summed E-state index contributed by atoms with van der Waals surface area (Å²) in [7, 11) is 0. The third-order valence-electron chi connectivity index (χ3n) is 0.718. The Morgan fingerprint density at radius 2 is 1.00 bits per heavy atom. The minimum Gasteiger partial charge on any atom is -0.0877 e. The standard InChI is InChI=1S/C8H12/c1-3-5-7-8-6-4-2/h3-8H,1-2H3/b5-3+,6-4+,8-7+. The van der Waals surface area contributed by atoms with Crippen molar-refractivity contribution in [2.24, 2.45) is 0 Å². The number of allylic oxidation sites excluding steroid dienone is 6. The molecule has 0 spiro atoms. The van der Waals surface area contributed by atoms with Gasteiger partial charge in [0.1, 0.15) is 0 Å². The molecule has 0 heterocycles. The molecular formula is C8H12. The smallest absolute Gasteiger partial charge is 0.0467 e. The summed E-state index contributed by atoms with van der Waals surface area (Å²) >= 11 is 0. The molecule has 0 nitrogen and oxygen atoms in total. The minimum atomic E-state index is 2.00. The maximum absolute atomic E-state index is 2.00. The SMILES string of the molecule is C/C=C/C=C/C=C/C. The monoisotopic (exact) mass is 108 g/mol. The zero-order valence-corrected chi connectivity index (χ0v) is 5.46. The van der Waals surface area contributed by atoms with Gasteiger partial charge in [-0.3, -0.25) is 0 Å². The molecule has 8 heavy (non-hydrogen) atoms. The Hall–Kier alpha value is -0.780. The van der Waals surface area contributed by atoms with Crippen LogP contribution >= 0.6 is 0 Å². The number of hydrogen-bond donors (Lipinski definition) is 0. The summed E-state index contributed by atoms with van der Waals surface area (Å²) in [5.41, 5.74) is 0. The van der Waals surface area contributed by atoms with Crippen molar-refractivity contribution in [3.8, 4) is 0 Å². The van der Waals surface area contributed by atoms with E-state index in [0.29, 0.717) is 0 Å². The van der Waals surface area contributed by atoms with E-state index in [1.807, 2.05) is 50.3 Å². The third-order valence-corrected chi connectivity index (χ3v) is 0.718. The maximum Gasteiger partial charge on any atom is -0.0467 e. The van der Waals surface area contributed by atoms with Gasteiger partial charge in [0.05, 0.1) is 0 Å². The molecule has 0 radical (unpaired) electrons. The first-order chi connectivity index (χ1) is 3.91. The van der Waals surface area contributed by atoms with E-state index in [-0.39, 0.29) is 0 Å². The van der Waals surface area contributed by atoms with E-state index >= 15 is 0 Å². The van der Waals surface area contributed by atoms with Gasteiger partial charge in [-0.2, -0.15) is 0 Å². The molecule has 0 unspecified atom stereocenters. The van der Waals surface area contributed by atoms with Gasteiger partial charge in [0, 0.05) is 0 Å². The minimum absolute atomic E-state index is 2.00. The molecule has 0 aromatic heterocycles. The van der Waals surface area contributed by atoms with Crippen LogP contribution in [0.5, 0.6) is 0 Å². The molecule has 0 aromatic rings. The Labute approximate surface area is 51.2 Å². The summed E-state index contributed by atoms with van der Waals surface area (Å²) in [4.78, 5) is 0. The molecule has 0 aliphatic carbocycles. The van der Waals surface area contributed by atoms with E-state index in [4.69, 9.17) is 0 Å². The van der Waals surface area contributed by atoms with E-state index in [0.717, 1.165) is 0 Å². The van der Waals surface area contributed by atoms with E-state index in [1.165, 1.54) is 0 Å². The zero-order chi connectivity index (χ0) is 6.24. The molecule has 0 atom stereocenters. The van der Waals surface area contributed by atoms with Crippen LogP contribution < -0.4 is 0 Å². The van der Waals surface area contributed by atoms with Crippen molar-refractivity contribution in [1.82, 2.24) is 0 Å². The van der Waals surface area contributed by atoms with Crippen LogP contribution in [0.15, 0.2) is 36.5 Å². The first kappa shape index (κ1) is 7.22. The summed E-state index contributed by atoms with van der Waals surface area (Å²) in [5.74, 6) is 0. The van der Waals surface area contributed by atoms with Gasteiger partial charge in [0.2, 0.25) is 0 Å². The van der Waals surface area contributed by atoms with Crippen molar-refractivity contribution in [3.05, 3.63) is 36.5 Å². The normalized spacial score (nSPS) is 12.8. The van der Waals surface area contributed by atoms with Gasteiger partial charge >= 0.3 is 0 Å². The molecule has 0 N–H and O–H groups in total. The fourth-order valence-corrected chi connectivity index (χ4v) is 0.351. The second-order valence-corrected chi connectivity index (χ2v) is 1.44. The Bertz CT molecular complexity index is 91.2. The lowest BCUT2D eigenvalue weighted by molar-refractivity contribution is 1.71. The lowest BCUT2D eigenvalue weighted by Gasteiger charge is -1.68. The van der Waals surface area contributed by atoms with Crippen molar-refractivity contribution in [3.63, 3.8) is 0 Å². The van der Waals surface area contributed by atoms with Crippen LogP contribution in [0.4, 0.5) is 0 Å². The van der Waals surface area contributed by atoms with E-state index in [2.05, 4.69) is 0 Å². The predicted octanol–water partition coefficient (Wildman–Crippen LogP) is 2.69. The lowest BCUT2D eigenvalue weighted by Crippen LogP contribution is -1.46. The van der Waals surface area contributed by atoms with Crippen LogP contribution in [0.2, 0.25) is 0 Å². The van der Waals surface area contributed by atoms with Gasteiger partial charge in [0.15, 0.2) is 0 Å². The molecule has 0 aliphatic rings. The van der Waals surface area contributed by atoms with Gasteiger partial charge in [-0.1, -0.05) is 36.5 Å². The number of rotatable bonds is 2. The van der Waals surface area contributed by atoms with Crippen molar-refractivity contribution < 1.29 is 0 Å². The Morgan fingerprint density at radius 3 is 1.25 bits per heavy atom. The average molecular weight is 108 g/mol. The van der Waals surface area contributed by atoms with E-state index in [1.54, 1.807) is 0 Å². The molecule has 44 valence electrons. The quantitative estimate of drug-likeness (QED) is 0.477. The molecule has 0 amide bonds. The summed E-state index contributed by atoms with van der Waals surface area (Å²) in [5, 5.41) is 0. The van der Waals surface area contributed by atoms with Crippen LogP contribution in [0.3, 0.4) is 0 Å². The Kier molecular flexibility index (Phi) is 5.61. The molecule has 0 fully saturated rings. The highest BCUT2D eigenvalue weighted by atomic mass is 13.6. The van der Waals surface area contributed by atoms with Crippen molar-refractivity contribution >= 4 is 0 Å². The molecule has 0 rings (SSSR count). The molecule has 0 bridgehead atoms. The lowest BCUT2D eigenvalue weighted by atomic mass is 10.4. The predicted molar refractivity (Wildman–Crippen MR) is 38.8 cm³/mol. The zero-order valence-electron chi connectivity index (χ0n) is 5.46. The molecular weight excluding hydrogens is 96.1 g/mol. The third kappa shape index (κ3) is 5.22. The molecule has 0 aliphatic heterocycles. The maximum atomic E-state index is 2.00. The Morgan fingerprint density at radius 1 is 0.625 bits per heavy atom. The second-order valence-electron chi connectivity index (χ2n) is 1.44. The fourth-order valence-electron chi connectivity index (χ4n) is 0.351.